The van der Waals surface area contributed by atoms with Crippen molar-refractivity contribution in [1.29, 1.82) is 0 Å². The molecule has 128 valence electrons. The van der Waals surface area contributed by atoms with Gasteiger partial charge in [-0.05, 0) is 30.3 Å². The number of rotatable bonds is 2. The highest BCUT2D eigenvalue weighted by Crippen LogP contribution is 2.30. The molecule has 0 spiro atoms. The van der Waals surface area contributed by atoms with Crippen LogP contribution in [0.5, 0.6) is 0 Å². The van der Waals surface area contributed by atoms with Crippen LogP contribution in [-0.4, -0.2) is 46.5 Å². The molecule has 3 aromatic rings. The number of carbonyl (C=O) groups is 1. The summed E-state index contributed by atoms with van der Waals surface area (Å²) in [6.45, 7) is 2.23. The van der Waals surface area contributed by atoms with Crippen LogP contribution < -0.4 is 0 Å². The van der Waals surface area contributed by atoms with Crippen molar-refractivity contribution in [3.8, 4) is 11.3 Å². The maximum absolute atomic E-state index is 12.9. The van der Waals surface area contributed by atoms with E-state index in [0.717, 1.165) is 11.1 Å². The number of hydrogen-bond donors (Lipinski definition) is 0. The highest BCUT2D eigenvalue weighted by atomic mass is 35.5. The van der Waals surface area contributed by atoms with Crippen LogP contribution >= 0.6 is 23.2 Å². The van der Waals surface area contributed by atoms with E-state index >= 15 is 0 Å². The minimum absolute atomic E-state index is 0.108. The Morgan fingerprint density at radius 2 is 1.80 bits per heavy atom. The molecule has 7 heteroatoms. The lowest BCUT2D eigenvalue weighted by atomic mass is 10.1. The smallest absolute Gasteiger partial charge is 0.290 e. The van der Waals surface area contributed by atoms with Gasteiger partial charge in [-0.1, -0.05) is 29.3 Å². The Labute approximate surface area is 154 Å². The van der Waals surface area contributed by atoms with Crippen LogP contribution in [0.25, 0.3) is 16.8 Å². The number of halogens is 2. The Morgan fingerprint density at radius 1 is 1.08 bits per heavy atom. The number of pyridine rings is 1. The van der Waals surface area contributed by atoms with E-state index in [9.17, 15) is 4.79 Å². The number of ether oxygens (including phenoxy) is 1. The first-order valence-electron chi connectivity index (χ1n) is 7.94. The lowest BCUT2D eigenvalue weighted by Gasteiger charge is -2.26. The molecule has 0 bridgehead atoms. The lowest BCUT2D eigenvalue weighted by molar-refractivity contribution is 0.0294. The number of hydrogen-bond acceptors (Lipinski definition) is 3. The summed E-state index contributed by atoms with van der Waals surface area (Å²) in [5.74, 6) is 0.271. The molecule has 1 aromatic carbocycles. The number of fused-ring (bicyclic) bond motifs is 1. The number of carbonyl (C=O) groups excluding carboxylic acids is 1. The number of benzene rings is 1. The molecule has 1 fully saturated rings. The molecule has 4 rings (SSSR count). The highest BCUT2D eigenvalue weighted by molar-refractivity contribution is 6.35. The topological polar surface area (TPSA) is 46.8 Å². The number of morpholine rings is 1. The zero-order chi connectivity index (χ0) is 17.4. The van der Waals surface area contributed by atoms with Gasteiger partial charge in [0.05, 0.1) is 24.4 Å². The van der Waals surface area contributed by atoms with Crippen LogP contribution in [0.2, 0.25) is 10.0 Å². The second kappa shape index (κ2) is 6.67. The summed E-state index contributed by atoms with van der Waals surface area (Å²) >= 11 is 12.3. The average molecular weight is 376 g/mol. The van der Waals surface area contributed by atoms with Crippen LogP contribution in [0.15, 0.2) is 42.6 Å². The largest absolute Gasteiger partial charge is 0.378 e. The van der Waals surface area contributed by atoms with Crippen LogP contribution in [0.1, 0.15) is 10.6 Å². The van der Waals surface area contributed by atoms with Crippen molar-refractivity contribution in [1.82, 2.24) is 14.3 Å². The minimum Gasteiger partial charge on any atom is -0.378 e. The standard InChI is InChI=1S/C18H15Cl2N3O2/c19-13-9-12(10-14(20)11-13)16-15-3-1-2-4-23(15)17(21-16)18(24)22-5-7-25-8-6-22/h1-4,9-11H,5-8H2. The van der Waals surface area contributed by atoms with Crippen LogP contribution in [-0.2, 0) is 4.74 Å². The summed E-state index contributed by atoms with van der Waals surface area (Å²) < 4.78 is 7.13. The van der Waals surface area contributed by atoms with Crippen molar-refractivity contribution in [3.05, 3.63) is 58.5 Å². The third kappa shape index (κ3) is 3.11. The van der Waals surface area contributed by atoms with Gasteiger partial charge < -0.3 is 9.64 Å². The molecule has 2 aromatic heterocycles. The third-order valence-electron chi connectivity index (χ3n) is 4.17. The van der Waals surface area contributed by atoms with Gasteiger partial charge in [0, 0.05) is 34.9 Å². The van der Waals surface area contributed by atoms with Crippen LogP contribution in [0.4, 0.5) is 0 Å². The zero-order valence-corrected chi connectivity index (χ0v) is 14.8. The Kier molecular flexibility index (Phi) is 4.37. The predicted molar refractivity (Wildman–Crippen MR) is 97.4 cm³/mol. The van der Waals surface area contributed by atoms with E-state index < -0.39 is 0 Å². The molecule has 5 nitrogen and oxygen atoms in total. The lowest BCUT2D eigenvalue weighted by Crippen LogP contribution is -2.41. The van der Waals surface area contributed by atoms with E-state index in [1.54, 1.807) is 23.1 Å². The second-order valence-corrected chi connectivity index (χ2v) is 6.68. The van der Waals surface area contributed by atoms with Crippen LogP contribution in [0, 0.1) is 0 Å². The molecule has 0 N–H and O–H groups in total. The molecule has 0 aliphatic carbocycles. The van der Waals surface area contributed by atoms with Gasteiger partial charge in [-0.3, -0.25) is 9.20 Å². The Bertz CT molecular complexity index is 928. The fourth-order valence-corrected chi connectivity index (χ4v) is 3.53. The van der Waals surface area contributed by atoms with Gasteiger partial charge >= 0.3 is 0 Å². The van der Waals surface area contributed by atoms with E-state index in [4.69, 9.17) is 27.9 Å². The molecule has 1 aliphatic heterocycles. The SMILES string of the molecule is O=C(c1nc(-c2cc(Cl)cc(Cl)c2)c2ccccn12)N1CCOCC1. The molecule has 25 heavy (non-hydrogen) atoms. The summed E-state index contributed by atoms with van der Waals surface area (Å²) in [7, 11) is 0. The summed E-state index contributed by atoms with van der Waals surface area (Å²) in [6.07, 6.45) is 1.84. The molecule has 1 amide bonds. The van der Waals surface area contributed by atoms with E-state index in [2.05, 4.69) is 4.98 Å². The number of aromatic nitrogens is 2. The van der Waals surface area contributed by atoms with Crippen molar-refractivity contribution in [3.63, 3.8) is 0 Å². The van der Waals surface area contributed by atoms with Gasteiger partial charge in [0.15, 0.2) is 0 Å². The summed E-state index contributed by atoms with van der Waals surface area (Å²) in [4.78, 5) is 19.3. The van der Waals surface area contributed by atoms with Crippen LogP contribution in [0.3, 0.4) is 0 Å². The van der Waals surface area contributed by atoms with E-state index in [1.807, 2.05) is 28.8 Å². The summed E-state index contributed by atoms with van der Waals surface area (Å²) in [5, 5.41) is 1.06. The first-order chi connectivity index (χ1) is 12.1. The second-order valence-electron chi connectivity index (χ2n) is 5.80. The van der Waals surface area contributed by atoms with Crippen molar-refractivity contribution in [2.45, 2.75) is 0 Å². The summed E-state index contributed by atoms with van der Waals surface area (Å²) in [5.41, 5.74) is 2.29. The fourth-order valence-electron chi connectivity index (χ4n) is 3.00. The van der Waals surface area contributed by atoms with Crippen molar-refractivity contribution in [2.75, 3.05) is 26.3 Å². The normalized spacial score (nSPS) is 14.9. The van der Waals surface area contributed by atoms with Gasteiger partial charge in [-0.2, -0.15) is 0 Å². The fraction of sp³-hybridized carbons (Fsp3) is 0.222. The molecular formula is C18H15Cl2N3O2. The number of amides is 1. The summed E-state index contributed by atoms with van der Waals surface area (Å²) in [6, 6.07) is 11.0. The quantitative estimate of drug-likeness (QED) is 0.684. The van der Waals surface area contributed by atoms with Gasteiger partial charge in [0.25, 0.3) is 5.91 Å². The molecule has 0 saturated carbocycles. The molecule has 1 saturated heterocycles. The maximum atomic E-state index is 12.9. The molecule has 0 unspecified atom stereocenters. The Morgan fingerprint density at radius 3 is 2.52 bits per heavy atom. The molecule has 0 radical (unpaired) electrons. The van der Waals surface area contributed by atoms with Crippen molar-refractivity contribution >= 4 is 34.6 Å². The van der Waals surface area contributed by atoms with E-state index in [1.165, 1.54) is 0 Å². The Balaban J connectivity index is 1.85. The van der Waals surface area contributed by atoms with Crippen molar-refractivity contribution in [2.24, 2.45) is 0 Å². The third-order valence-corrected chi connectivity index (χ3v) is 4.61. The first-order valence-corrected chi connectivity index (χ1v) is 8.69. The monoisotopic (exact) mass is 375 g/mol. The van der Waals surface area contributed by atoms with Gasteiger partial charge in [0.2, 0.25) is 5.82 Å². The van der Waals surface area contributed by atoms with Gasteiger partial charge in [-0.25, -0.2) is 4.98 Å². The Hall–Kier alpha value is -2.08. The average Bonchev–Trinajstić information content (AvgIpc) is 3.01. The highest BCUT2D eigenvalue weighted by Gasteiger charge is 2.24. The van der Waals surface area contributed by atoms with Gasteiger partial charge in [0.1, 0.15) is 0 Å². The van der Waals surface area contributed by atoms with E-state index in [-0.39, 0.29) is 5.91 Å². The number of nitrogens with zero attached hydrogens (tertiary/aromatic N) is 3. The minimum atomic E-state index is -0.108. The molecular weight excluding hydrogens is 361 g/mol. The predicted octanol–water partition coefficient (Wildman–Crippen LogP) is 3.78. The van der Waals surface area contributed by atoms with Crippen molar-refractivity contribution < 1.29 is 9.53 Å². The molecule has 1 aliphatic rings. The van der Waals surface area contributed by atoms with Gasteiger partial charge in [-0.15, -0.1) is 0 Å². The molecule has 3 heterocycles. The van der Waals surface area contributed by atoms with E-state index in [0.29, 0.717) is 47.9 Å². The number of imidazole rings is 1. The maximum Gasteiger partial charge on any atom is 0.290 e. The zero-order valence-electron chi connectivity index (χ0n) is 13.3. The first kappa shape index (κ1) is 16.4. The molecule has 0 atom stereocenters.